The summed E-state index contributed by atoms with van der Waals surface area (Å²) in [5.74, 6) is 2.82. The topological polar surface area (TPSA) is 21.3 Å². The van der Waals surface area contributed by atoms with Gasteiger partial charge in [-0.1, -0.05) is 17.8 Å². The number of hydrogen-bond donors (Lipinski definition) is 1. The third-order valence-electron chi connectivity index (χ3n) is 3.16. The van der Waals surface area contributed by atoms with Crippen LogP contribution in [-0.2, 0) is 6.42 Å². The van der Waals surface area contributed by atoms with E-state index in [1.54, 1.807) is 11.8 Å². The van der Waals surface area contributed by atoms with E-state index in [1.807, 2.05) is 0 Å². The summed E-state index contributed by atoms with van der Waals surface area (Å²) in [6, 6.07) is 6.59. The fraction of sp³-hybridized carbons (Fsp3) is 0.538. The van der Waals surface area contributed by atoms with Crippen molar-refractivity contribution in [1.82, 2.24) is 5.32 Å². The summed E-state index contributed by atoms with van der Waals surface area (Å²) in [7, 11) is 0. The molecule has 1 aromatic rings. The van der Waals surface area contributed by atoms with Gasteiger partial charge in [-0.2, -0.15) is 0 Å². The van der Waals surface area contributed by atoms with E-state index in [2.05, 4.69) is 23.5 Å². The molecule has 1 aliphatic carbocycles. The summed E-state index contributed by atoms with van der Waals surface area (Å²) in [5, 5.41) is 3.52. The maximum Gasteiger partial charge on any atom is 0.138 e. The van der Waals surface area contributed by atoms with Gasteiger partial charge in [-0.25, -0.2) is 0 Å². The zero-order valence-electron chi connectivity index (χ0n) is 9.37. The lowest BCUT2D eigenvalue weighted by Gasteiger charge is -2.05. The summed E-state index contributed by atoms with van der Waals surface area (Å²) in [6.45, 7) is 2.29. The van der Waals surface area contributed by atoms with Crippen LogP contribution < -0.4 is 10.1 Å². The third-order valence-corrected chi connectivity index (χ3v) is 4.04. The minimum atomic E-state index is 0.777. The van der Waals surface area contributed by atoms with Gasteiger partial charge >= 0.3 is 0 Å². The first-order valence-corrected chi connectivity index (χ1v) is 6.99. The summed E-state index contributed by atoms with van der Waals surface area (Å²) < 4.78 is 5.54. The second-order valence-electron chi connectivity index (χ2n) is 4.59. The molecule has 0 aromatic heterocycles. The van der Waals surface area contributed by atoms with Crippen LogP contribution in [0.1, 0.15) is 18.4 Å². The lowest BCUT2D eigenvalue weighted by atomic mass is 10.1. The van der Waals surface area contributed by atoms with Gasteiger partial charge < -0.3 is 10.1 Å². The van der Waals surface area contributed by atoms with E-state index in [1.165, 1.54) is 29.8 Å². The molecule has 1 aliphatic heterocycles. The van der Waals surface area contributed by atoms with Crippen LogP contribution in [0, 0.1) is 5.92 Å². The van der Waals surface area contributed by atoms with E-state index in [0.717, 1.165) is 30.6 Å². The monoisotopic (exact) mass is 235 g/mol. The Labute approximate surface area is 101 Å². The second kappa shape index (κ2) is 4.68. The van der Waals surface area contributed by atoms with Crippen molar-refractivity contribution in [3.05, 3.63) is 23.8 Å². The van der Waals surface area contributed by atoms with Gasteiger partial charge in [-0.05, 0) is 56.0 Å². The van der Waals surface area contributed by atoms with Crippen molar-refractivity contribution in [2.24, 2.45) is 5.92 Å². The number of nitrogens with one attached hydrogen (secondary N) is 1. The molecule has 3 rings (SSSR count). The van der Waals surface area contributed by atoms with Gasteiger partial charge in [0.15, 0.2) is 0 Å². The first kappa shape index (κ1) is 10.5. The SMILES string of the molecule is c1cc2c(cc1CCNCC1CC1)OCS2. The lowest BCUT2D eigenvalue weighted by molar-refractivity contribution is 0.397. The van der Waals surface area contributed by atoms with E-state index in [4.69, 9.17) is 4.74 Å². The second-order valence-corrected chi connectivity index (χ2v) is 5.55. The van der Waals surface area contributed by atoms with Crippen molar-refractivity contribution >= 4 is 11.8 Å². The Morgan fingerprint density at radius 1 is 1.38 bits per heavy atom. The van der Waals surface area contributed by atoms with Crippen LogP contribution >= 0.6 is 11.8 Å². The van der Waals surface area contributed by atoms with E-state index in [-0.39, 0.29) is 0 Å². The van der Waals surface area contributed by atoms with Crippen LogP contribution in [0.5, 0.6) is 5.75 Å². The van der Waals surface area contributed by atoms with Crippen molar-refractivity contribution in [2.45, 2.75) is 24.2 Å². The van der Waals surface area contributed by atoms with E-state index in [0.29, 0.717) is 0 Å². The van der Waals surface area contributed by atoms with Gasteiger partial charge in [-0.3, -0.25) is 0 Å². The van der Waals surface area contributed by atoms with Crippen LogP contribution in [-0.4, -0.2) is 19.0 Å². The Hall–Kier alpha value is -0.670. The maximum atomic E-state index is 5.54. The highest BCUT2D eigenvalue weighted by atomic mass is 32.2. The standard InChI is InChI=1S/C13H17NOS/c1-2-11(1)8-14-6-5-10-3-4-13-12(7-10)15-9-16-13/h3-4,7,11,14H,1-2,5-6,8-9H2. The lowest BCUT2D eigenvalue weighted by Crippen LogP contribution is -2.19. The number of fused-ring (bicyclic) bond motifs is 1. The van der Waals surface area contributed by atoms with Crippen LogP contribution in [0.3, 0.4) is 0 Å². The third kappa shape index (κ3) is 2.53. The molecule has 1 aromatic carbocycles. The van der Waals surface area contributed by atoms with Crippen LogP contribution in [0.15, 0.2) is 23.1 Å². The first-order chi connectivity index (χ1) is 7.92. The molecular formula is C13H17NOS. The van der Waals surface area contributed by atoms with Crippen molar-refractivity contribution < 1.29 is 4.74 Å². The fourth-order valence-corrected chi connectivity index (χ4v) is 2.69. The highest BCUT2D eigenvalue weighted by Crippen LogP contribution is 2.36. The van der Waals surface area contributed by atoms with Crippen LogP contribution in [0.2, 0.25) is 0 Å². The summed E-state index contributed by atoms with van der Waals surface area (Å²) in [5.41, 5.74) is 1.38. The van der Waals surface area contributed by atoms with Crippen LogP contribution in [0.25, 0.3) is 0 Å². The molecule has 0 saturated heterocycles. The van der Waals surface area contributed by atoms with Gasteiger partial charge in [0, 0.05) is 0 Å². The average molecular weight is 235 g/mol. The minimum absolute atomic E-state index is 0.777. The summed E-state index contributed by atoms with van der Waals surface area (Å²) in [6.07, 6.45) is 3.96. The zero-order valence-corrected chi connectivity index (χ0v) is 10.2. The van der Waals surface area contributed by atoms with Gasteiger partial charge in [0.25, 0.3) is 0 Å². The molecule has 1 heterocycles. The highest BCUT2D eigenvalue weighted by molar-refractivity contribution is 7.99. The number of hydrogen-bond acceptors (Lipinski definition) is 3. The van der Waals surface area contributed by atoms with Gasteiger partial charge in [0.2, 0.25) is 0 Å². The van der Waals surface area contributed by atoms with Crippen molar-refractivity contribution in [1.29, 1.82) is 0 Å². The molecule has 2 nitrogen and oxygen atoms in total. The molecular weight excluding hydrogens is 218 g/mol. The number of benzene rings is 1. The average Bonchev–Trinajstić information content (AvgIpc) is 3.01. The van der Waals surface area contributed by atoms with Crippen molar-refractivity contribution in [3.8, 4) is 5.75 Å². The molecule has 86 valence electrons. The molecule has 2 aliphatic rings. The summed E-state index contributed by atoms with van der Waals surface area (Å²) in [4.78, 5) is 1.29. The predicted octanol–water partition coefficient (Wildman–Crippen LogP) is 2.67. The van der Waals surface area contributed by atoms with Crippen LogP contribution in [0.4, 0.5) is 0 Å². The molecule has 0 unspecified atom stereocenters. The van der Waals surface area contributed by atoms with E-state index in [9.17, 15) is 0 Å². The quantitative estimate of drug-likeness (QED) is 0.793. The Kier molecular flexibility index (Phi) is 3.06. The van der Waals surface area contributed by atoms with E-state index >= 15 is 0 Å². The Balaban J connectivity index is 1.49. The minimum Gasteiger partial charge on any atom is -0.481 e. The Morgan fingerprint density at radius 2 is 2.31 bits per heavy atom. The molecule has 0 atom stereocenters. The largest absolute Gasteiger partial charge is 0.481 e. The number of rotatable bonds is 5. The van der Waals surface area contributed by atoms with Gasteiger partial charge in [0.1, 0.15) is 11.7 Å². The predicted molar refractivity (Wildman–Crippen MR) is 67.1 cm³/mol. The molecule has 1 fully saturated rings. The Morgan fingerprint density at radius 3 is 3.19 bits per heavy atom. The number of ether oxygens (including phenoxy) is 1. The van der Waals surface area contributed by atoms with Crippen molar-refractivity contribution in [3.63, 3.8) is 0 Å². The molecule has 1 N–H and O–H groups in total. The maximum absolute atomic E-state index is 5.54. The van der Waals surface area contributed by atoms with Gasteiger partial charge in [-0.15, -0.1) is 0 Å². The van der Waals surface area contributed by atoms with E-state index < -0.39 is 0 Å². The smallest absolute Gasteiger partial charge is 0.138 e. The fourth-order valence-electron chi connectivity index (χ4n) is 1.96. The number of thioether (sulfide) groups is 1. The molecule has 0 amide bonds. The zero-order chi connectivity index (χ0) is 10.8. The van der Waals surface area contributed by atoms with Gasteiger partial charge in [0.05, 0.1) is 4.90 Å². The molecule has 0 spiro atoms. The summed E-state index contributed by atoms with van der Waals surface area (Å²) >= 11 is 1.78. The Bertz CT molecular complexity index is 376. The normalized spacial score (nSPS) is 18.2. The molecule has 3 heteroatoms. The van der Waals surface area contributed by atoms with Crippen molar-refractivity contribution in [2.75, 3.05) is 19.0 Å². The molecule has 1 saturated carbocycles. The molecule has 16 heavy (non-hydrogen) atoms. The molecule has 0 bridgehead atoms. The highest BCUT2D eigenvalue weighted by Gasteiger charge is 2.20. The first-order valence-electron chi connectivity index (χ1n) is 6.01. The molecule has 0 radical (unpaired) electrons.